The Morgan fingerprint density at radius 3 is 2.28 bits per heavy atom. The lowest BCUT2D eigenvalue weighted by Gasteiger charge is -2.18. The Bertz CT molecular complexity index is 337. The highest BCUT2D eigenvalue weighted by Crippen LogP contribution is 2.16. The van der Waals surface area contributed by atoms with Crippen molar-refractivity contribution in [2.75, 3.05) is 6.54 Å². The molecule has 2 N–H and O–H groups in total. The summed E-state index contributed by atoms with van der Waals surface area (Å²) in [6.07, 6.45) is 1.89. The molecule has 1 aromatic carbocycles. The van der Waals surface area contributed by atoms with Crippen LogP contribution in [0.15, 0.2) is 24.3 Å². The molecule has 102 valence electrons. The van der Waals surface area contributed by atoms with Gasteiger partial charge in [-0.2, -0.15) is 0 Å². The third kappa shape index (κ3) is 5.85. The smallest absolute Gasteiger partial charge is 0.0914 e. The molecule has 0 heterocycles. The number of aliphatic hydroxyl groups is 1. The number of aliphatic hydroxyl groups excluding tert-OH is 1. The molecule has 18 heavy (non-hydrogen) atoms. The first-order valence-corrected chi connectivity index (χ1v) is 7.03. The second-order valence-corrected chi connectivity index (χ2v) is 5.78. The zero-order chi connectivity index (χ0) is 13.5. The number of hydrogen-bond acceptors (Lipinski definition) is 2. The standard InChI is InChI=1S/C15H24ClNO/c1-11(2)4-5-12(3)17-10-15(18)13-6-8-14(16)9-7-13/h6-9,11-12,15,17-18H,4-5,10H2,1-3H3. The van der Waals surface area contributed by atoms with Gasteiger partial charge < -0.3 is 10.4 Å². The fraction of sp³-hybridized carbons (Fsp3) is 0.600. The molecule has 0 aliphatic rings. The first kappa shape index (κ1) is 15.5. The molecule has 0 fully saturated rings. The molecule has 0 radical (unpaired) electrons. The van der Waals surface area contributed by atoms with Crippen LogP contribution in [0.1, 0.15) is 45.3 Å². The Morgan fingerprint density at radius 1 is 1.11 bits per heavy atom. The zero-order valence-corrected chi connectivity index (χ0v) is 12.2. The molecule has 0 bridgehead atoms. The molecule has 0 saturated heterocycles. The van der Waals surface area contributed by atoms with Gasteiger partial charge in [0.1, 0.15) is 0 Å². The van der Waals surface area contributed by atoms with Crippen LogP contribution in [-0.4, -0.2) is 17.7 Å². The Labute approximate surface area is 115 Å². The van der Waals surface area contributed by atoms with Crippen LogP contribution in [0.25, 0.3) is 0 Å². The molecule has 2 unspecified atom stereocenters. The highest BCUT2D eigenvalue weighted by Gasteiger charge is 2.09. The van der Waals surface area contributed by atoms with E-state index in [1.807, 2.05) is 24.3 Å². The third-order valence-electron chi connectivity index (χ3n) is 3.09. The van der Waals surface area contributed by atoms with Crippen molar-refractivity contribution in [3.63, 3.8) is 0 Å². The van der Waals surface area contributed by atoms with E-state index < -0.39 is 6.10 Å². The molecule has 0 amide bonds. The van der Waals surface area contributed by atoms with Crippen molar-refractivity contribution in [1.29, 1.82) is 0 Å². The molecule has 1 aromatic rings. The van der Waals surface area contributed by atoms with Gasteiger partial charge in [-0.25, -0.2) is 0 Å². The van der Waals surface area contributed by atoms with Crippen LogP contribution in [0, 0.1) is 5.92 Å². The van der Waals surface area contributed by atoms with Crippen molar-refractivity contribution in [3.05, 3.63) is 34.9 Å². The molecule has 3 heteroatoms. The van der Waals surface area contributed by atoms with E-state index in [0.717, 1.165) is 17.9 Å². The van der Waals surface area contributed by atoms with Crippen molar-refractivity contribution in [3.8, 4) is 0 Å². The fourth-order valence-electron chi connectivity index (χ4n) is 1.80. The summed E-state index contributed by atoms with van der Waals surface area (Å²) < 4.78 is 0. The number of benzene rings is 1. The average molecular weight is 270 g/mol. The first-order chi connectivity index (χ1) is 8.49. The van der Waals surface area contributed by atoms with Crippen molar-refractivity contribution < 1.29 is 5.11 Å². The van der Waals surface area contributed by atoms with E-state index in [1.54, 1.807) is 0 Å². The Kier molecular flexibility index (Phi) is 6.69. The van der Waals surface area contributed by atoms with Crippen molar-refractivity contribution >= 4 is 11.6 Å². The van der Waals surface area contributed by atoms with Crippen molar-refractivity contribution in [2.24, 2.45) is 5.92 Å². The summed E-state index contributed by atoms with van der Waals surface area (Å²) in [5, 5.41) is 14.1. The molecule has 0 aliphatic heterocycles. The topological polar surface area (TPSA) is 32.3 Å². The molecular weight excluding hydrogens is 246 g/mol. The molecule has 0 aromatic heterocycles. The Hall–Kier alpha value is -0.570. The van der Waals surface area contributed by atoms with Gasteiger partial charge in [0.15, 0.2) is 0 Å². The minimum absolute atomic E-state index is 0.439. The van der Waals surface area contributed by atoms with E-state index in [4.69, 9.17) is 11.6 Å². The van der Waals surface area contributed by atoms with Crippen LogP contribution >= 0.6 is 11.6 Å². The minimum Gasteiger partial charge on any atom is -0.387 e. The predicted molar refractivity (Wildman–Crippen MR) is 77.9 cm³/mol. The second kappa shape index (κ2) is 7.78. The molecule has 2 atom stereocenters. The minimum atomic E-state index is -0.469. The van der Waals surface area contributed by atoms with E-state index >= 15 is 0 Å². The van der Waals surface area contributed by atoms with Gasteiger partial charge in [0.25, 0.3) is 0 Å². The molecule has 0 spiro atoms. The maximum absolute atomic E-state index is 10.0. The zero-order valence-electron chi connectivity index (χ0n) is 11.5. The lowest BCUT2D eigenvalue weighted by atomic mass is 10.0. The van der Waals surface area contributed by atoms with Gasteiger partial charge in [0, 0.05) is 17.6 Å². The number of halogens is 1. The normalized spacial score (nSPS) is 14.8. The predicted octanol–water partition coefficient (Wildman–Crippen LogP) is 3.79. The summed E-state index contributed by atoms with van der Waals surface area (Å²) in [5.41, 5.74) is 0.906. The average Bonchev–Trinajstić information content (AvgIpc) is 2.34. The lowest BCUT2D eigenvalue weighted by molar-refractivity contribution is 0.169. The SMILES string of the molecule is CC(C)CCC(C)NCC(O)c1ccc(Cl)cc1. The van der Waals surface area contributed by atoms with Gasteiger partial charge in [0.05, 0.1) is 6.10 Å². The summed E-state index contributed by atoms with van der Waals surface area (Å²) in [7, 11) is 0. The van der Waals surface area contributed by atoms with Crippen LogP contribution in [0.3, 0.4) is 0 Å². The van der Waals surface area contributed by atoms with E-state index in [1.165, 1.54) is 6.42 Å². The first-order valence-electron chi connectivity index (χ1n) is 6.66. The van der Waals surface area contributed by atoms with E-state index in [9.17, 15) is 5.11 Å². The van der Waals surface area contributed by atoms with Gasteiger partial charge in [-0.3, -0.25) is 0 Å². The highest BCUT2D eigenvalue weighted by atomic mass is 35.5. The van der Waals surface area contributed by atoms with E-state index in [0.29, 0.717) is 17.6 Å². The fourth-order valence-corrected chi connectivity index (χ4v) is 1.93. The van der Waals surface area contributed by atoms with Crippen LogP contribution < -0.4 is 5.32 Å². The number of hydrogen-bond donors (Lipinski definition) is 2. The largest absolute Gasteiger partial charge is 0.387 e. The van der Waals surface area contributed by atoms with Crippen LogP contribution in [0.2, 0.25) is 5.02 Å². The summed E-state index contributed by atoms with van der Waals surface area (Å²) in [6, 6.07) is 7.79. The van der Waals surface area contributed by atoms with Gasteiger partial charge in [0.2, 0.25) is 0 Å². The summed E-state index contributed by atoms with van der Waals surface area (Å²) in [5.74, 6) is 0.732. The Morgan fingerprint density at radius 2 is 1.72 bits per heavy atom. The quantitative estimate of drug-likeness (QED) is 0.789. The van der Waals surface area contributed by atoms with Gasteiger partial charge in [-0.1, -0.05) is 37.6 Å². The van der Waals surface area contributed by atoms with Crippen LogP contribution in [0.5, 0.6) is 0 Å². The summed E-state index contributed by atoms with van der Waals surface area (Å²) >= 11 is 5.82. The third-order valence-corrected chi connectivity index (χ3v) is 3.34. The molecule has 2 nitrogen and oxygen atoms in total. The van der Waals surface area contributed by atoms with Crippen LogP contribution in [-0.2, 0) is 0 Å². The van der Waals surface area contributed by atoms with Gasteiger partial charge in [-0.05, 0) is 43.4 Å². The van der Waals surface area contributed by atoms with Crippen molar-refractivity contribution in [2.45, 2.75) is 45.8 Å². The van der Waals surface area contributed by atoms with Crippen molar-refractivity contribution in [1.82, 2.24) is 5.32 Å². The van der Waals surface area contributed by atoms with E-state index in [2.05, 4.69) is 26.1 Å². The molecule has 0 saturated carbocycles. The molecular formula is C15H24ClNO. The molecule has 0 aliphatic carbocycles. The maximum atomic E-state index is 10.0. The van der Waals surface area contributed by atoms with Gasteiger partial charge >= 0.3 is 0 Å². The summed E-state index contributed by atoms with van der Waals surface area (Å²) in [6.45, 7) is 7.21. The Balaban J connectivity index is 2.32. The van der Waals surface area contributed by atoms with Crippen LogP contribution in [0.4, 0.5) is 0 Å². The number of nitrogens with one attached hydrogen (secondary N) is 1. The second-order valence-electron chi connectivity index (χ2n) is 5.35. The highest BCUT2D eigenvalue weighted by molar-refractivity contribution is 6.30. The maximum Gasteiger partial charge on any atom is 0.0914 e. The summed E-state index contributed by atoms with van der Waals surface area (Å²) in [4.78, 5) is 0. The number of rotatable bonds is 7. The monoisotopic (exact) mass is 269 g/mol. The lowest BCUT2D eigenvalue weighted by Crippen LogP contribution is -2.30. The molecule has 1 rings (SSSR count). The van der Waals surface area contributed by atoms with E-state index in [-0.39, 0.29) is 0 Å². The van der Waals surface area contributed by atoms with Gasteiger partial charge in [-0.15, -0.1) is 0 Å².